The Balaban J connectivity index is 1.72. The number of furan rings is 1. The summed E-state index contributed by atoms with van der Waals surface area (Å²) in [4.78, 5) is 30.6. The minimum atomic E-state index is -0.0803. The molecular formula is C23H29N3O3S. The van der Waals surface area contributed by atoms with E-state index in [1.54, 1.807) is 27.4 Å². The maximum atomic E-state index is 13.3. The van der Waals surface area contributed by atoms with Crippen LogP contribution < -0.4 is 0 Å². The van der Waals surface area contributed by atoms with E-state index in [0.29, 0.717) is 26.1 Å². The van der Waals surface area contributed by atoms with Crippen molar-refractivity contribution >= 4 is 23.2 Å². The molecular weight excluding hydrogens is 398 g/mol. The van der Waals surface area contributed by atoms with Crippen LogP contribution in [-0.4, -0.2) is 39.3 Å². The largest absolute Gasteiger partial charge is 0.467 e. The first-order chi connectivity index (χ1) is 14.6. The van der Waals surface area contributed by atoms with Crippen molar-refractivity contribution in [2.45, 2.75) is 39.3 Å². The summed E-state index contributed by atoms with van der Waals surface area (Å²) >= 11 is 1.57. The second-order valence-corrected chi connectivity index (χ2v) is 8.40. The Hall–Kier alpha value is -2.80. The minimum Gasteiger partial charge on any atom is -0.467 e. The smallest absolute Gasteiger partial charge is 0.242 e. The van der Waals surface area contributed by atoms with E-state index in [4.69, 9.17) is 4.42 Å². The number of hydrogen-bond acceptors (Lipinski definition) is 4. The predicted octanol–water partition coefficient (Wildman–Crippen LogP) is 4.08. The van der Waals surface area contributed by atoms with Gasteiger partial charge in [-0.3, -0.25) is 9.59 Å². The van der Waals surface area contributed by atoms with Crippen molar-refractivity contribution in [1.29, 1.82) is 0 Å². The first-order valence-electron chi connectivity index (χ1n) is 10.3. The van der Waals surface area contributed by atoms with Gasteiger partial charge in [-0.15, -0.1) is 11.3 Å². The molecule has 3 rings (SSSR count). The fraction of sp³-hybridized carbons (Fsp3) is 0.391. The lowest BCUT2D eigenvalue weighted by Crippen LogP contribution is -2.43. The second-order valence-electron chi connectivity index (χ2n) is 7.36. The average molecular weight is 428 g/mol. The SMILES string of the molecule is CCCCN(CC(=O)N(Cc1ccco1)Cc1cccn1C)C(=O)Cc1cccs1. The number of unbranched alkanes of at least 4 members (excludes halogenated alkanes) is 1. The van der Waals surface area contributed by atoms with Crippen molar-refractivity contribution in [2.24, 2.45) is 7.05 Å². The maximum absolute atomic E-state index is 13.3. The van der Waals surface area contributed by atoms with Crippen molar-refractivity contribution in [1.82, 2.24) is 14.4 Å². The van der Waals surface area contributed by atoms with Crippen LogP contribution in [0.25, 0.3) is 0 Å². The Morgan fingerprint density at radius 1 is 1.07 bits per heavy atom. The van der Waals surface area contributed by atoms with Crippen molar-refractivity contribution in [3.8, 4) is 0 Å². The van der Waals surface area contributed by atoms with E-state index in [0.717, 1.165) is 29.2 Å². The third-order valence-corrected chi connectivity index (χ3v) is 5.93. The van der Waals surface area contributed by atoms with Crippen LogP contribution in [0.1, 0.15) is 36.1 Å². The molecule has 0 aliphatic heterocycles. The van der Waals surface area contributed by atoms with Crippen LogP contribution >= 0.6 is 11.3 Å². The first-order valence-corrected chi connectivity index (χ1v) is 11.1. The number of carbonyl (C=O) groups is 2. The number of amides is 2. The molecule has 0 aliphatic rings. The molecule has 7 heteroatoms. The van der Waals surface area contributed by atoms with Gasteiger partial charge in [-0.1, -0.05) is 19.4 Å². The van der Waals surface area contributed by atoms with E-state index in [9.17, 15) is 9.59 Å². The fourth-order valence-electron chi connectivity index (χ4n) is 3.26. The van der Waals surface area contributed by atoms with E-state index in [2.05, 4.69) is 6.92 Å². The van der Waals surface area contributed by atoms with Crippen LogP contribution in [0, 0.1) is 0 Å². The molecule has 160 valence electrons. The fourth-order valence-corrected chi connectivity index (χ4v) is 3.95. The molecule has 0 fully saturated rings. The summed E-state index contributed by atoms with van der Waals surface area (Å²) in [6, 6.07) is 11.5. The van der Waals surface area contributed by atoms with Crippen LogP contribution in [-0.2, 0) is 36.1 Å². The number of carbonyl (C=O) groups excluding carboxylic acids is 2. The highest BCUT2D eigenvalue weighted by molar-refractivity contribution is 7.10. The van der Waals surface area contributed by atoms with Gasteiger partial charge in [0.05, 0.1) is 32.3 Å². The number of rotatable bonds is 11. The first kappa shape index (κ1) is 21.9. The Morgan fingerprint density at radius 3 is 2.57 bits per heavy atom. The van der Waals surface area contributed by atoms with E-state index in [1.165, 1.54) is 0 Å². The van der Waals surface area contributed by atoms with Crippen LogP contribution in [0.15, 0.2) is 58.7 Å². The Labute approximate surface area is 181 Å². The molecule has 3 aromatic heterocycles. The molecule has 3 aromatic rings. The molecule has 0 atom stereocenters. The molecule has 0 bridgehead atoms. The third kappa shape index (κ3) is 6.10. The van der Waals surface area contributed by atoms with Gasteiger partial charge in [-0.25, -0.2) is 0 Å². The molecule has 3 heterocycles. The zero-order valence-electron chi connectivity index (χ0n) is 17.6. The van der Waals surface area contributed by atoms with Crippen LogP contribution in [0.5, 0.6) is 0 Å². The lowest BCUT2D eigenvalue weighted by atomic mass is 10.2. The highest BCUT2D eigenvalue weighted by atomic mass is 32.1. The molecule has 30 heavy (non-hydrogen) atoms. The van der Waals surface area contributed by atoms with E-state index in [1.807, 2.05) is 59.6 Å². The standard InChI is InChI=1S/C23H29N3O3S/c1-3-4-12-25(22(27)15-21-10-7-14-30-21)18-23(28)26(17-20-9-6-13-29-20)16-19-8-5-11-24(19)2/h5-11,13-14H,3-4,12,15-18H2,1-2H3. The molecule has 0 aromatic carbocycles. The van der Waals surface area contributed by atoms with E-state index in [-0.39, 0.29) is 18.4 Å². The molecule has 0 unspecified atom stereocenters. The molecule has 0 spiro atoms. The molecule has 2 amide bonds. The van der Waals surface area contributed by atoms with E-state index >= 15 is 0 Å². The predicted molar refractivity (Wildman–Crippen MR) is 118 cm³/mol. The summed E-state index contributed by atoms with van der Waals surface area (Å²) in [6.45, 7) is 3.59. The minimum absolute atomic E-state index is 0.00364. The molecule has 6 nitrogen and oxygen atoms in total. The number of aryl methyl sites for hydroxylation is 1. The van der Waals surface area contributed by atoms with Crippen molar-refractivity contribution in [2.75, 3.05) is 13.1 Å². The van der Waals surface area contributed by atoms with Crippen LogP contribution in [0.4, 0.5) is 0 Å². The maximum Gasteiger partial charge on any atom is 0.242 e. The lowest BCUT2D eigenvalue weighted by molar-refractivity contribution is -0.141. The van der Waals surface area contributed by atoms with Crippen molar-refractivity contribution < 1.29 is 14.0 Å². The monoisotopic (exact) mass is 427 g/mol. The average Bonchev–Trinajstić information content (AvgIpc) is 3.49. The van der Waals surface area contributed by atoms with Gasteiger partial charge in [0.15, 0.2) is 0 Å². The van der Waals surface area contributed by atoms with Crippen molar-refractivity contribution in [3.63, 3.8) is 0 Å². The zero-order valence-corrected chi connectivity index (χ0v) is 18.4. The molecule has 0 aliphatic carbocycles. The molecule has 0 radical (unpaired) electrons. The summed E-state index contributed by atoms with van der Waals surface area (Å²) in [5.41, 5.74) is 1.03. The summed E-state index contributed by atoms with van der Waals surface area (Å²) < 4.78 is 7.47. The Bertz CT molecular complexity index is 916. The number of thiophene rings is 1. The van der Waals surface area contributed by atoms with Gasteiger partial charge in [0.2, 0.25) is 11.8 Å². The Morgan fingerprint density at radius 2 is 1.93 bits per heavy atom. The summed E-state index contributed by atoms with van der Waals surface area (Å²) in [7, 11) is 1.96. The molecule has 0 N–H and O–H groups in total. The second kappa shape index (κ2) is 10.8. The van der Waals surface area contributed by atoms with Gasteiger partial charge in [0, 0.05) is 30.4 Å². The van der Waals surface area contributed by atoms with Gasteiger partial charge < -0.3 is 18.8 Å². The highest BCUT2D eigenvalue weighted by Gasteiger charge is 2.23. The highest BCUT2D eigenvalue weighted by Crippen LogP contribution is 2.14. The number of nitrogens with zero attached hydrogens (tertiary/aromatic N) is 3. The number of aromatic nitrogens is 1. The number of hydrogen-bond donors (Lipinski definition) is 0. The summed E-state index contributed by atoms with van der Waals surface area (Å²) in [5.74, 6) is 0.641. The van der Waals surface area contributed by atoms with Crippen LogP contribution in [0.3, 0.4) is 0 Å². The third-order valence-electron chi connectivity index (χ3n) is 5.05. The van der Waals surface area contributed by atoms with Crippen LogP contribution in [0.2, 0.25) is 0 Å². The topological polar surface area (TPSA) is 58.7 Å². The van der Waals surface area contributed by atoms with Crippen molar-refractivity contribution in [3.05, 3.63) is 70.6 Å². The van der Waals surface area contributed by atoms with E-state index < -0.39 is 0 Å². The lowest BCUT2D eigenvalue weighted by Gasteiger charge is -2.27. The normalized spacial score (nSPS) is 10.9. The van der Waals surface area contributed by atoms with Gasteiger partial charge in [0.1, 0.15) is 5.76 Å². The Kier molecular flexibility index (Phi) is 7.90. The zero-order chi connectivity index (χ0) is 21.3. The van der Waals surface area contributed by atoms with Gasteiger partial charge in [-0.05, 0) is 42.1 Å². The summed E-state index contributed by atoms with van der Waals surface area (Å²) in [6.07, 6.45) is 5.75. The summed E-state index contributed by atoms with van der Waals surface area (Å²) in [5, 5.41) is 1.97. The molecule has 0 saturated heterocycles. The van der Waals surface area contributed by atoms with Gasteiger partial charge >= 0.3 is 0 Å². The van der Waals surface area contributed by atoms with Gasteiger partial charge in [-0.2, -0.15) is 0 Å². The quantitative estimate of drug-likeness (QED) is 0.463. The molecule has 0 saturated carbocycles. The van der Waals surface area contributed by atoms with Gasteiger partial charge in [0.25, 0.3) is 0 Å².